The molecule has 1 rings (SSSR count). The number of hydrogen-bond donors (Lipinski definition) is 1. The van der Waals surface area contributed by atoms with E-state index in [-0.39, 0.29) is 0 Å². The number of benzene rings is 1. The summed E-state index contributed by atoms with van der Waals surface area (Å²) in [5.74, 6) is 0.913. The van der Waals surface area contributed by atoms with Crippen molar-refractivity contribution < 1.29 is 4.74 Å². The summed E-state index contributed by atoms with van der Waals surface area (Å²) in [7, 11) is 1.69. The Labute approximate surface area is 93.6 Å². The Balaban J connectivity index is 2.64. The highest BCUT2D eigenvalue weighted by Crippen LogP contribution is 2.23. The molecule has 0 aliphatic rings. The Kier molecular flexibility index (Phi) is 4.98. The number of methoxy groups -OCH3 is 1. The molecule has 0 bridgehead atoms. The molecule has 0 aliphatic heterocycles. The lowest BCUT2D eigenvalue weighted by Crippen LogP contribution is -1.99. The van der Waals surface area contributed by atoms with Crippen LogP contribution >= 0.6 is 15.9 Å². The van der Waals surface area contributed by atoms with E-state index >= 15 is 0 Å². The number of nitrogens with two attached hydrogens (primary N) is 1. The fraction of sp³-hybridized carbons (Fsp3) is 0.455. The smallest absolute Gasteiger partial charge is 0.119 e. The lowest BCUT2D eigenvalue weighted by Gasteiger charge is -2.06. The third kappa shape index (κ3) is 3.31. The summed E-state index contributed by atoms with van der Waals surface area (Å²) in [5, 5.41) is 0. The van der Waals surface area contributed by atoms with E-state index in [4.69, 9.17) is 10.5 Å². The number of rotatable bonds is 5. The first kappa shape index (κ1) is 11.5. The van der Waals surface area contributed by atoms with Crippen LogP contribution < -0.4 is 10.5 Å². The summed E-state index contributed by atoms with van der Waals surface area (Å²) >= 11 is 3.52. The lowest BCUT2D eigenvalue weighted by molar-refractivity contribution is 0.414. The molecule has 78 valence electrons. The minimum absolute atomic E-state index is 0.765. The molecule has 0 aromatic heterocycles. The van der Waals surface area contributed by atoms with Crippen LogP contribution in [0.3, 0.4) is 0 Å². The highest BCUT2D eigenvalue weighted by atomic mass is 79.9. The Bertz CT molecular complexity index is 289. The molecule has 0 unspecified atom stereocenters. The predicted molar refractivity (Wildman–Crippen MR) is 62.7 cm³/mol. The van der Waals surface area contributed by atoms with Gasteiger partial charge in [0.2, 0.25) is 0 Å². The largest absolute Gasteiger partial charge is 0.497 e. The third-order valence-corrected chi connectivity index (χ3v) is 2.93. The van der Waals surface area contributed by atoms with Crippen molar-refractivity contribution in [3.8, 4) is 5.75 Å². The van der Waals surface area contributed by atoms with Gasteiger partial charge in [-0.05, 0) is 49.6 Å². The van der Waals surface area contributed by atoms with E-state index in [9.17, 15) is 0 Å². The fourth-order valence-corrected chi connectivity index (χ4v) is 1.77. The summed E-state index contributed by atoms with van der Waals surface area (Å²) in [6.07, 6.45) is 3.25. The Morgan fingerprint density at radius 3 is 2.79 bits per heavy atom. The van der Waals surface area contributed by atoms with E-state index in [1.54, 1.807) is 7.11 Å². The summed E-state index contributed by atoms with van der Waals surface area (Å²) in [4.78, 5) is 0. The van der Waals surface area contributed by atoms with Crippen LogP contribution in [-0.4, -0.2) is 13.7 Å². The highest BCUT2D eigenvalue weighted by Gasteiger charge is 2.01. The van der Waals surface area contributed by atoms with Crippen LogP contribution in [0.15, 0.2) is 22.7 Å². The SMILES string of the molecule is COc1ccc(Br)c(CCCCN)c1. The Hall–Kier alpha value is -0.540. The zero-order valence-electron chi connectivity index (χ0n) is 8.42. The summed E-state index contributed by atoms with van der Waals surface area (Å²) in [6.45, 7) is 0.765. The molecule has 14 heavy (non-hydrogen) atoms. The Morgan fingerprint density at radius 1 is 1.36 bits per heavy atom. The van der Waals surface area contributed by atoms with Crippen LogP contribution in [0.5, 0.6) is 5.75 Å². The minimum Gasteiger partial charge on any atom is -0.497 e. The van der Waals surface area contributed by atoms with Crippen LogP contribution in [0.1, 0.15) is 18.4 Å². The lowest BCUT2D eigenvalue weighted by atomic mass is 10.1. The maximum absolute atomic E-state index is 5.45. The zero-order valence-corrected chi connectivity index (χ0v) is 10.0. The molecule has 0 fully saturated rings. The topological polar surface area (TPSA) is 35.2 Å². The van der Waals surface area contributed by atoms with E-state index in [2.05, 4.69) is 22.0 Å². The van der Waals surface area contributed by atoms with Gasteiger partial charge in [0.1, 0.15) is 5.75 Å². The molecule has 2 nitrogen and oxygen atoms in total. The van der Waals surface area contributed by atoms with Crippen LogP contribution in [0.2, 0.25) is 0 Å². The van der Waals surface area contributed by atoms with Crippen LogP contribution in [0.25, 0.3) is 0 Å². The van der Waals surface area contributed by atoms with Crippen LogP contribution in [0, 0.1) is 0 Å². The molecule has 0 saturated heterocycles. The van der Waals surface area contributed by atoms with Gasteiger partial charge in [-0.2, -0.15) is 0 Å². The van der Waals surface area contributed by atoms with Crippen LogP contribution in [0.4, 0.5) is 0 Å². The summed E-state index contributed by atoms with van der Waals surface area (Å²) in [5.41, 5.74) is 6.74. The molecule has 3 heteroatoms. The fourth-order valence-electron chi connectivity index (χ4n) is 1.33. The molecule has 0 aliphatic carbocycles. The molecular formula is C11H16BrNO. The van der Waals surface area contributed by atoms with Crippen molar-refractivity contribution >= 4 is 15.9 Å². The number of hydrogen-bond acceptors (Lipinski definition) is 2. The van der Waals surface area contributed by atoms with E-state index in [1.807, 2.05) is 12.1 Å². The van der Waals surface area contributed by atoms with Crippen molar-refractivity contribution in [3.63, 3.8) is 0 Å². The minimum atomic E-state index is 0.765. The third-order valence-electron chi connectivity index (χ3n) is 2.15. The number of halogens is 1. The highest BCUT2D eigenvalue weighted by molar-refractivity contribution is 9.10. The van der Waals surface area contributed by atoms with Gasteiger partial charge in [0, 0.05) is 4.47 Å². The average molecular weight is 258 g/mol. The van der Waals surface area contributed by atoms with Crippen molar-refractivity contribution in [1.82, 2.24) is 0 Å². The molecule has 0 atom stereocenters. The first-order chi connectivity index (χ1) is 6.77. The van der Waals surface area contributed by atoms with Gasteiger partial charge in [0.05, 0.1) is 7.11 Å². The molecule has 0 heterocycles. The monoisotopic (exact) mass is 257 g/mol. The summed E-state index contributed by atoms with van der Waals surface area (Å²) in [6, 6.07) is 6.05. The first-order valence-electron chi connectivity index (χ1n) is 4.80. The van der Waals surface area contributed by atoms with Gasteiger partial charge in [-0.15, -0.1) is 0 Å². The first-order valence-corrected chi connectivity index (χ1v) is 5.59. The van der Waals surface area contributed by atoms with Crippen molar-refractivity contribution in [2.24, 2.45) is 5.73 Å². The van der Waals surface area contributed by atoms with E-state index in [0.717, 1.165) is 36.0 Å². The molecule has 0 amide bonds. The van der Waals surface area contributed by atoms with Crippen molar-refractivity contribution in [2.45, 2.75) is 19.3 Å². The molecule has 1 aromatic carbocycles. The van der Waals surface area contributed by atoms with Crippen molar-refractivity contribution in [1.29, 1.82) is 0 Å². The summed E-state index contributed by atoms with van der Waals surface area (Å²) < 4.78 is 6.32. The normalized spacial score (nSPS) is 10.2. The standard InChI is InChI=1S/C11H16BrNO/c1-14-10-5-6-11(12)9(8-10)4-2-3-7-13/h5-6,8H,2-4,7,13H2,1H3. The molecule has 1 aromatic rings. The van der Waals surface area contributed by atoms with Gasteiger partial charge in [-0.3, -0.25) is 0 Å². The van der Waals surface area contributed by atoms with Gasteiger partial charge in [-0.1, -0.05) is 15.9 Å². The quantitative estimate of drug-likeness (QED) is 0.824. The second kappa shape index (κ2) is 6.04. The molecule has 0 radical (unpaired) electrons. The zero-order chi connectivity index (χ0) is 10.4. The van der Waals surface area contributed by atoms with Crippen molar-refractivity contribution in [2.75, 3.05) is 13.7 Å². The van der Waals surface area contributed by atoms with E-state index < -0.39 is 0 Å². The van der Waals surface area contributed by atoms with Crippen molar-refractivity contribution in [3.05, 3.63) is 28.2 Å². The molecular weight excluding hydrogens is 242 g/mol. The second-order valence-electron chi connectivity index (χ2n) is 3.20. The van der Waals surface area contributed by atoms with Gasteiger partial charge in [0.25, 0.3) is 0 Å². The maximum Gasteiger partial charge on any atom is 0.119 e. The van der Waals surface area contributed by atoms with Gasteiger partial charge in [-0.25, -0.2) is 0 Å². The molecule has 0 saturated carbocycles. The molecule has 0 spiro atoms. The second-order valence-corrected chi connectivity index (χ2v) is 4.06. The van der Waals surface area contributed by atoms with Gasteiger partial charge < -0.3 is 10.5 Å². The Morgan fingerprint density at radius 2 is 2.14 bits per heavy atom. The van der Waals surface area contributed by atoms with Crippen LogP contribution in [-0.2, 0) is 6.42 Å². The average Bonchev–Trinajstić information content (AvgIpc) is 2.21. The molecule has 2 N–H and O–H groups in total. The van der Waals surface area contributed by atoms with E-state index in [0.29, 0.717) is 0 Å². The number of unbranched alkanes of at least 4 members (excludes halogenated alkanes) is 1. The van der Waals surface area contributed by atoms with Gasteiger partial charge >= 0.3 is 0 Å². The van der Waals surface area contributed by atoms with E-state index in [1.165, 1.54) is 5.56 Å². The maximum atomic E-state index is 5.45. The number of ether oxygens (including phenoxy) is 1. The van der Waals surface area contributed by atoms with Gasteiger partial charge in [0.15, 0.2) is 0 Å². The predicted octanol–water partition coefficient (Wildman–Crippen LogP) is 2.74. The number of aryl methyl sites for hydroxylation is 1.